The van der Waals surface area contributed by atoms with Gasteiger partial charge in [0.2, 0.25) is 5.91 Å². The lowest BCUT2D eigenvalue weighted by Crippen LogP contribution is -2.47. The van der Waals surface area contributed by atoms with Crippen molar-refractivity contribution in [2.75, 3.05) is 37.6 Å². The van der Waals surface area contributed by atoms with Crippen molar-refractivity contribution in [3.8, 4) is 0 Å². The van der Waals surface area contributed by atoms with E-state index in [1.807, 2.05) is 35.6 Å². The van der Waals surface area contributed by atoms with Gasteiger partial charge in [-0.3, -0.25) is 9.69 Å². The highest BCUT2D eigenvalue weighted by atomic mass is 32.1. The van der Waals surface area contributed by atoms with Gasteiger partial charge in [0.15, 0.2) is 0 Å². The maximum atomic E-state index is 11.3. The molecular weight excluding hydrogens is 414 g/mol. The summed E-state index contributed by atoms with van der Waals surface area (Å²) in [5.41, 5.74) is 12.3. The van der Waals surface area contributed by atoms with E-state index in [-0.39, 0.29) is 5.91 Å². The number of amides is 1. The van der Waals surface area contributed by atoms with Crippen molar-refractivity contribution in [1.29, 1.82) is 0 Å². The van der Waals surface area contributed by atoms with Crippen LogP contribution in [0.4, 0.5) is 5.69 Å². The molecule has 4 rings (SSSR count). The fraction of sp³-hybridized carbons (Fsp3) is 0.519. The third-order valence-electron chi connectivity index (χ3n) is 7.03. The smallest absolute Gasteiger partial charge is 0.248 e. The first kappa shape index (κ1) is 23.1. The van der Waals surface area contributed by atoms with Crippen molar-refractivity contribution in [3.05, 3.63) is 57.3 Å². The van der Waals surface area contributed by atoms with Gasteiger partial charge in [-0.25, -0.2) is 0 Å². The van der Waals surface area contributed by atoms with Crippen molar-refractivity contribution in [3.63, 3.8) is 0 Å². The predicted octanol–water partition coefficient (Wildman–Crippen LogP) is 5.76. The largest absolute Gasteiger partial charge is 0.369 e. The monoisotopic (exact) mass is 451 g/mol. The van der Waals surface area contributed by atoms with Crippen LogP contribution in [0.25, 0.3) is 5.57 Å². The molecule has 1 fully saturated rings. The molecule has 0 unspecified atom stereocenters. The summed E-state index contributed by atoms with van der Waals surface area (Å²) in [7, 11) is 0. The molecule has 2 aromatic rings. The van der Waals surface area contributed by atoms with Crippen LogP contribution >= 0.6 is 11.3 Å². The second-order valence-electron chi connectivity index (χ2n) is 10.5. The Hall–Kier alpha value is -2.11. The molecule has 1 aliphatic heterocycles. The molecule has 5 heteroatoms. The molecular formula is C27H37N3OS. The summed E-state index contributed by atoms with van der Waals surface area (Å²) in [6, 6.07) is 10.1. The van der Waals surface area contributed by atoms with Gasteiger partial charge < -0.3 is 10.6 Å². The highest BCUT2D eigenvalue weighted by molar-refractivity contribution is 7.10. The number of carbonyl (C=O) groups is 1. The number of carbonyl (C=O) groups excluding carboxylic acids is 1. The highest BCUT2D eigenvalue weighted by Gasteiger charge is 2.30. The summed E-state index contributed by atoms with van der Waals surface area (Å²) >= 11 is 1.92. The van der Waals surface area contributed by atoms with Gasteiger partial charge in [0.1, 0.15) is 0 Å². The second kappa shape index (κ2) is 9.40. The highest BCUT2D eigenvalue weighted by Crippen LogP contribution is 2.45. The van der Waals surface area contributed by atoms with Crippen molar-refractivity contribution < 1.29 is 4.79 Å². The van der Waals surface area contributed by atoms with Gasteiger partial charge in [-0.05, 0) is 77.4 Å². The van der Waals surface area contributed by atoms with E-state index in [4.69, 9.17) is 5.73 Å². The molecule has 1 aromatic carbocycles. The minimum Gasteiger partial charge on any atom is -0.369 e. The Morgan fingerprint density at radius 2 is 1.78 bits per heavy atom. The van der Waals surface area contributed by atoms with E-state index in [1.165, 1.54) is 30.5 Å². The maximum Gasteiger partial charge on any atom is 0.248 e. The number of piperazine rings is 1. The fourth-order valence-electron chi connectivity index (χ4n) is 5.08. The van der Waals surface area contributed by atoms with Crippen LogP contribution in [0.15, 0.2) is 41.3 Å². The predicted molar refractivity (Wildman–Crippen MR) is 137 cm³/mol. The number of thiophene rings is 1. The minimum absolute atomic E-state index is 0.368. The third kappa shape index (κ3) is 5.10. The molecule has 0 spiro atoms. The van der Waals surface area contributed by atoms with Gasteiger partial charge >= 0.3 is 0 Å². The number of hydrogen-bond donors (Lipinski definition) is 1. The van der Waals surface area contributed by atoms with Crippen LogP contribution in [0.5, 0.6) is 0 Å². The average Bonchev–Trinajstić information content (AvgIpc) is 3.26. The first-order valence-electron chi connectivity index (χ1n) is 11.9. The normalized spacial score (nSPS) is 19.6. The summed E-state index contributed by atoms with van der Waals surface area (Å²) < 4.78 is 0. The van der Waals surface area contributed by atoms with Gasteiger partial charge in [-0.15, -0.1) is 11.3 Å². The van der Waals surface area contributed by atoms with E-state index in [1.54, 1.807) is 16.0 Å². The summed E-state index contributed by atoms with van der Waals surface area (Å²) in [6.07, 6.45) is 3.68. The molecule has 1 aliphatic carbocycles. The molecule has 1 amide bonds. The van der Waals surface area contributed by atoms with E-state index in [9.17, 15) is 4.79 Å². The van der Waals surface area contributed by atoms with E-state index >= 15 is 0 Å². The number of benzene rings is 1. The van der Waals surface area contributed by atoms with Gasteiger partial charge in [-0.1, -0.05) is 33.3 Å². The number of anilines is 1. The minimum atomic E-state index is -0.368. The maximum absolute atomic E-state index is 11.3. The molecule has 32 heavy (non-hydrogen) atoms. The van der Waals surface area contributed by atoms with Crippen molar-refractivity contribution in [2.45, 2.75) is 52.9 Å². The number of nitrogens with two attached hydrogens (primary N) is 1. The molecule has 2 N–H and O–H groups in total. The first-order chi connectivity index (χ1) is 15.2. The molecule has 1 aromatic heterocycles. The lowest BCUT2D eigenvalue weighted by Gasteiger charge is -2.39. The van der Waals surface area contributed by atoms with Crippen LogP contribution in [-0.4, -0.2) is 43.5 Å². The Morgan fingerprint density at radius 3 is 2.41 bits per heavy atom. The van der Waals surface area contributed by atoms with E-state index in [0.29, 0.717) is 16.9 Å². The molecule has 0 saturated carbocycles. The Kier molecular flexibility index (Phi) is 6.78. The van der Waals surface area contributed by atoms with Gasteiger partial charge in [0.25, 0.3) is 0 Å². The molecule has 0 radical (unpaired) electrons. The quantitative estimate of drug-likeness (QED) is 0.608. The van der Waals surface area contributed by atoms with Gasteiger partial charge in [-0.2, -0.15) is 0 Å². The van der Waals surface area contributed by atoms with Crippen LogP contribution in [0.3, 0.4) is 0 Å². The van der Waals surface area contributed by atoms with Crippen molar-refractivity contribution in [2.24, 2.45) is 11.1 Å². The van der Waals surface area contributed by atoms with Gasteiger partial charge in [0.05, 0.1) is 0 Å². The molecule has 2 aliphatic rings. The number of rotatable bonds is 6. The first-order valence-corrected chi connectivity index (χ1v) is 12.8. The molecule has 172 valence electrons. The summed E-state index contributed by atoms with van der Waals surface area (Å²) in [6.45, 7) is 14.7. The summed E-state index contributed by atoms with van der Waals surface area (Å²) in [5, 5.41) is 2.28. The number of primary amides is 1. The molecule has 4 nitrogen and oxygen atoms in total. The molecule has 0 atom stereocenters. The van der Waals surface area contributed by atoms with Crippen LogP contribution in [0.1, 0.15) is 73.7 Å². The topological polar surface area (TPSA) is 49.6 Å². The molecule has 2 heterocycles. The third-order valence-corrected chi connectivity index (χ3v) is 8.25. The van der Waals surface area contributed by atoms with Crippen molar-refractivity contribution >= 4 is 28.5 Å². The SMILES string of the molecule is CC(C)c1sccc1C1=C(CN2CCN(c3ccc(C(N)=O)cc3)CC2)CCC(C)(C)C1. The second-order valence-corrected chi connectivity index (χ2v) is 11.4. The lowest BCUT2D eigenvalue weighted by atomic mass is 9.72. The van der Waals surface area contributed by atoms with E-state index < -0.39 is 0 Å². The number of nitrogens with zero attached hydrogens (tertiary/aromatic N) is 2. The van der Waals surface area contributed by atoms with Gasteiger partial charge in [0, 0.05) is 48.9 Å². The number of hydrogen-bond acceptors (Lipinski definition) is 4. The van der Waals surface area contributed by atoms with E-state index in [2.05, 4.69) is 48.9 Å². The van der Waals surface area contributed by atoms with Crippen LogP contribution in [0, 0.1) is 5.41 Å². The molecule has 1 saturated heterocycles. The Balaban J connectivity index is 1.47. The lowest BCUT2D eigenvalue weighted by molar-refractivity contribution is 0.100. The number of allylic oxidation sites excluding steroid dienone is 1. The van der Waals surface area contributed by atoms with Crippen molar-refractivity contribution in [1.82, 2.24) is 4.90 Å². The summed E-state index contributed by atoms with van der Waals surface area (Å²) in [5.74, 6) is 0.209. The zero-order chi connectivity index (χ0) is 22.9. The van der Waals surface area contributed by atoms with E-state index in [0.717, 1.165) is 32.7 Å². The zero-order valence-corrected chi connectivity index (χ0v) is 20.8. The summed E-state index contributed by atoms with van der Waals surface area (Å²) in [4.78, 5) is 17.9. The Labute approximate surface area is 197 Å². The van der Waals surface area contributed by atoms with Crippen LogP contribution in [-0.2, 0) is 0 Å². The Bertz CT molecular complexity index is 979. The zero-order valence-electron chi connectivity index (χ0n) is 20.0. The fourth-order valence-corrected chi connectivity index (χ4v) is 6.02. The molecule has 0 bridgehead atoms. The average molecular weight is 452 g/mol. The standard InChI is InChI=1S/C27H37N3OS/c1-19(2)25-23(10-16-32-25)24-17-27(3,4)11-9-21(24)18-29-12-14-30(15-13-29)22-7-5-20(6-8-22)26(28)31/h5-8,10,16,19H,9,11-15,17-18H2,1-4H3,(H2,28,31). The van der Waals surface area contributed by atoms with Crippen LogP contribution < -0.4 is 10.6 Å². The van der Waals surface area contributed by atoms with Crippen LogP contribution in [0.2, 0.25) is 0 Å². The Morgan fingerprint density at radius 1 is 1.09 bits per heavy atom.